The molecule has 8 heteroatoms. The van der Waals surface area contributed by atoms with Crippen molar-refractivity contribution in [2.45, 2.75) is 26.2 Å². The summed E-state index contributed by atoms with van der Waals surface area (Å²) in [4.78, 5) is 0. The number of nitrogens with one attached hydrogen (secondary N) is 2. The molecule has 1 aromatic carbocycles. The summed E-state index contributed by atoms with van der Waals surface area (Å²) in [7, 11) is -3.50. The molecule has 2 N–H and O–H groups in total. The van der Waals surface area contributed by atoms with Crippen LogP contribution in [0.4, 0.5) is 10.1 Å². The van der Waals surface area contributed by atoms with E-state index >= 15 is 0 Å². The molecule has 0 atom stereocenters. The van der Waals surface area contributed by atoms with E-state index in [9.17, 15) is 12.8 Å². The van der Waals surface area contributed by atoms with E-state index in [1.807, 2.05) is 0 Å². The molecule has 0 amide bonds. The van der Waals surface area contributed by atoms with E-state index < -0.39 is 15.8 Å². The quantitative estimate of drug-likeness (QED) is 0.619. The van der Waals surface area contributed by atoms with Gasteiger partial charge in [-0.3, -0.25) is 4.72 Å². The van der Waals surface area contributed by atoms with E-state index in [4.69, 9.17) is 11.6 Å². The lowest BCUT2D eigenvalue weighted by atomic mass is 10.3. The number of sulfonamides is 1. The predicted octanol–water partition coefficient (Wildman–Crippen LogP) is 3.76. The van der Waals surface area contributed by atoms with Crippen molar-refractivity contribution in [2.75, 3.05) is 23.6 Å². The van der Waals surface area contributed by atoms with Crippen molar-refractivity contribution in [1.29, 1.82) is 0 Å². The lowest BCUT2D eigenvalue weighted by Crippen LogP contribution is -2.20. The smallest absolute Gasteiger partial charge is 0.232 e. The van der Waals surface area contributed by atoms with Gasteiger partial charge in [-0.15, -0.1) is 0 Å². The van der Waals surface area contributed by atoms with Gasteiger partial charge in [0.05, 0.1) is 16.5 Å². The van der Waals surface area contributed by atoms with Gasteiger partial charge in [0.15, 0.2) is 0 Å². The molecule has 0 aliphatic carbocycles. The van der Waals surface area contributed by atoms with E-state index in [-0.39, 0.29) is 20.9 Å². The summed E-state index contributed by atoms with van der Waals surface area (Å²) in [6.07, 6.45) is 2.37. The highest BCUT2D eigenvalue weighted by Gasteiger charge is 2.15. The van der Waals surface area contributed by atoms with Crippen LogP contribution in [0.25, 0.3) is 0 Å². The standard InChI is InChI=1S/C13H19BrClFN2O2S/c1-2-5-17-6-3-4-7-21(19,20)18-13-11(14)8-10(16)9-12(13)15/h8-9,17-18H,2-7H2,1H3. The molecule has 0 saturated carbocycles. The second kappa shape index (κ2) is 8.92. The summed E-state index contributed by atoms with van der Waals surface area (Å²) < 4.78 is 39.7. The highest BCUT2D eigenvalue weighted by molar-refractivity contribution is 9.10. The van der Waals surface area contributed by atoms with Crippen LogP contribution in [0.5, 0.6) is 0 Å². The van der Waals surface area contributed by atoms with Gasteiger partial charge in [0.2, 0.25) is 10.0 Å². The molecule has 0 aliphatic rings. The molecular formula is C13H19BrClFN2O2S. The second-order valence-electron chi connectivity index (χ2n) is 4.62. The lowest BCUT2D eigenvalue weighted by Gasteiger charge is -2.11. The molecule has 0 aliphatic heterocycles. The Labute approximate surface area is 138 Å². The predicted molar refractivity (Wildman–Crippen MR) is 88.9 cm³/mol. The minimum atomic E-state index is -3.50. The Morgan fingerprint density at radius 1 is 1.29 bits per heavy atom. The molecule has 0 saturated heterocycles. The largest absolute Gasteiger partial charge is 0.317 e. The third kappa shape index (κ3) is 6.95. The summed E-state index contributed by atoms with van der Waals surface area (Å²) >= 11 is 8.95. The van der Waals surface area contributed by atoms with Crippen LogP contribution < -0.4 is 10.0 Å². The van der Waals surface area contributed by atoms with Crippen LogP contribution in [0.15, 0.2) is 16.6 Å². The summed E-state index contributed by atoms with van der Waals surface area (Å²) in [5.74, 6) is -0.530. The Hall–Kier alpha value is -0.370. The van der Waals surface area contributed by atoms with Gasteiger partial charge in [-0.2, -0.15) is 0 Å². The summed E-state index contributed by atoms with van der Waals surface area (Å²) in [5.41, 5.74) is 0.169. The highest BCUT2D eigenvalue weighted by atomic mass is 79.9. The van der Waals surface area contributed by atoms with Crippen LogP contribution in [0, 0.1) is 5.82 Å². The molecule has 120 valence electrons. The molecule has 4 nitrogen and oxygen atoms in total. The van der Waals surface area contributed by atoms with Crippen LogP contribution in [0.1, 0.15) is 26.2 Å². The maximum atomic E-state index is 13.1. The first-order chi connectivity index (χ1) is 9.85. The second-order valence-corrected chi connectivity index (χ2v) is 7.73. The Morgan fingerprint density at radius 3 is 2.62 bits per heavy atom. The molecule has 0 radical (unpaired) electrons. The fraction of sp³-hybridized carbons (Fsp3) is 0.538. The monoisotopic (exact) mass is 400 g/mol. The number of hydrogen-bond acceptors (Lipinski definition) is 3. The number of anilines is 1. The van der Waals surface area contributed by atoms with Gasteiger partial charge < -0.3 is 5.32 Å². The first-order valence-electron chi connectivity index (χ1n) is 6.71. The molecule has 0 unspecified atom stereocenters. The first kappa shape index (κ1) is 18.7. The van der Waals surface area contributed by atoms with Crippen LogP contribution in [0.2, 0.25) is 5.02 Å². The zero-order valence-electron chi connectivity index (χ0n) is 11.8. The maximum absolute atomic E-state index is 13.1. The van der Waals surface area contributed by atoms with Crippen molar-refractivity contribution < 1.29 is 12.8 Å². The number of halogens is 3. The fourth-order valence-corrected chi connectivity index (χ4v) is 3.99. The zero-order valence-corrected chi connectivity index (χ0v) is 14.9. The Balaban J connectivity index is 2.53. The van der Waals surface area contributed by atoms with Crippen molar-refractivity contribution in [3.8, 4) is 0 Å². The normalized spacial score (nSPS) is 11.6. The molecule has 1 rings (SSSR count). The molecule has 0 spiro atoms. The molecule has 0 heterocycles. The van der Waals surface area contributed by atoms with E-state index in [1.54, 1.807) is 0 Å². The molecule has 21 heavy (non-hydrogen) atoms. The van der Waals surface area contributed by atoms with Crippen molar-refractivity contribution in [1.82, 2.24) is 5.32 Å². The minimum Gasteiger partial charge on any atom is -0.317 e. The van der Waals surface area contributed by atoms with Crippen molar-refractivity contribution in [3.63, 3.8) is 0 Å². The Kier molecular flexibility index (Phi) is 7.94. The van der Waals surface area contributed by atoms with Gasteiger partial charge in [-0.1, -0.05) is 18.5 Å². The van der Waals surface area contributed by atoms with Crippen LogP contribution in [-0.2, 0) is 10.0 Å². The van der Waals surface area contributed by atoms with Gasteiger partial charge in [-0.25, -0.2) is 12.8 Å². The number of rotatable bonds is 9. The maximum Gasteiger partial charge on any atom is 0.232 e. The lowest BCUT2D eigenvalue weighted by molar-refractivity contribution is 0.590. The topological polar surface area (TPSA) is 58.2 Å². The van der Waals surface area contributed by atoms with Crippen molar-refractivity contribution in [2.24, 2.45) is 0 Å². The van der Waals surface area contributed by atoms with E-state index in [1.165, 1.54) is 6.07 Å². The average Bonchev–Trinajstić information content (AvgIpc) is 2.38. The third-order valence-electron chi connectivity index (χ3n) is 2.71. The number of benzene rings is 1. The Bertz CT molecular complexity index is 546. The van der Waals surface area contributed by atoms with Gasteiger partial charge in [0, 0.05) is 4.47 Å². The molecular weight excluding hydrogens is 383 g/mol. The van der Waals surface area contributed by atoms with Gasteiger partial charge in [-0.05, 0) is 60.4 Å². The highest BCUT2D eigenvalue weighted by Crippen LogP contribution is 2.32. The van der Waals surface area contributed by atoms with E-state index in [2.05, 4.69) is 32.9 Å². The van der Waals surface area contributed by atoms with Gasteiger partial charge >= 0.3 is 0 Å². The SMILES string of the molecule is CCCNCCCCS(=O)(=O)Nc1c(Cl)cc(F)cc1Br. The van der Waals surface area contributed by atoms with Crippen molar-refractivity contribution >= 4 is 43.2 Å². The van der Waals surface area contributed by atoms with Crippen LogP contribution in [-0.4, -0.2) is 27.3 Å². The van der Waals surface area contributed by atoms with E-state index in [0.717, 1.165) is 32.0 Å². The van der Waals surface area contributed by atoms with Crippen LogP contribution in [0.3, 0.4) is 0 Å². The summed E-state index contributed by atoms with van der Waals surface area (Å²) in [6, 6.07) is 2.23. The molecule has 0 bridgehead atoms. The average molecular weight is 402 g/mol. The van der Waals surface area contributed by atoms with Gasteiger partial charge in [0.1, 0.15) is 5.82 Å². The fourth-order valence-electron chi connectivity index (χ4n) is 1.69. The van der Waals surface area contributed by atoms with Crippen molar-refractivity contribution in [3.05, 3.63) is 27.4 Å². The summed E-state index contributed by atoms with van der Waals surface area (Å²) in [6.45, 7) is 3.80. The molecule has 0 aromatic heterocycles. The molecule has 0 fully saturated rings. The molecule has 1 aromatic rings. The summed E-state index contributed by atoms with van der Waals surface area (Å²) in [5, 5.41) is 3.23. The number of hydrogen-bond donors (Lipinski definition) is 2. The van der Waals surface area contributed by atoms with E-state index in [0.29, 0.717) is 6.42 Å². The third-order valence-corrected chi connectivity index (χ3v) is 4.97. The van der Waals surface area contributed by atoms with Gasteiger partial charge in [0.25, 0.3) is 0 Å². The number of unbranched alkanes of at least 4 members (excludes halogenated alkanes) is 1. The van der Waals surface area contributed by atoms with Crippen LogP contribution >= 0.6 is 27.5 Å². The minimum absolute atomic E-state index is 0.000943. The Morgan fingerprint density at radius 2 is 2.00 bits per heavy atom. The first-order valence-corrected chi connectivity index (χ1v) is 9.54. The zero-order chi connectivity index (χ0) is 15.9.